The molecule has 2 aromatic rings. The molecule has 1 aromatic carbocycles. The first-order valence-electron chi connectivity index (χ1n) is 9.83. The zero-order valence-electron chi connectivity index (χ0n) is 17.2. The highest BCUT2D eigenvalue weighted by Gasteiger charge is 2.63. The topological polar surface area (TPSA) is 80.0 Å². The molecule has 1 saturated carbocycles. The molecule has 7 heteroatoms. The fourth-order valence-corrected chi connectivity index (χ4v) is 5.53. The van der Waals surface area contributed by atoms with Gasteiger partial charge in [-0.2, -0.15) is 0 Å². The smallest absolute Gasteiger partial charge is 0.339 e. The standard InChI is InChI=1S/C22H26ClNO5/c1-12-13(2)20(27)29-16-6-17(15(23)5-14(12)16)28-8-19(26)24-7-18-21(3,4)9-22(18,10-24)11-25/h5-6,18,25H,7-11H2,1-4H3/t18-,22-/m1/s1. The van der Waals surface area contributed by atoms with Gasteiger partial charge in [-0.25, -0.2) is 4.79 Å². The lowest BCUT2D eigenvalue weighted by atomic mass is 9.48. The van der Waals surface area contributed by atoms with Crippen LogP contribution in [-0.4, -0.2) is 42.2 Å². The number of halogens is 1. The molecule has 1 aromatic heterocycles. The molecular formula is C22H26ClNO5. The van der Waals surface area contributed by atoms with Crippen LogP contribution < -0.4 is 10.4 Å². The molecule has 2 aliphatic rings. The maximum absolute atomic E-state index is 12.7. The molecule has 0 spiro atoms. The molecule has 1 aliphatic carbocycles. The lowest BCUT2D eigenvalue weighted by Crippen LogP contribution is -2.54. The Morgan fingerprint density at radius 2 is 2.07 bits per heavy atom. The van der Waals surface area contributed by atoms with E-state index in [1.54, 1.807) is 24.0 Å². The van der Waals surface area contributed by atoms with Crippen LogP contribution in [0.5, 0.6) is 5.75 Å². The summed E-state index contributed by atoms with van der Waals surface area (Å²) in [5, 5.41) is 11.0. The zero-order valence-corrected chi connectivity index (χ0v) is 17.9. The Labute approximate surface area is 174 Å². The molecular weight excluding hydrogens is 394 g/mol. The summed E-state index contributed by atoms with van der Waals surface area (Å²) in [6, 6.07) is 3.26. The molecule has 0 unspecified atom stereocenters. The van der Waals surface area contributed by atoms with Crippen molar-refractivity contribution in [1.82, 2.24) is 4.90 Å². The second-order valence-corrected chi connectivity index (χ2v) is 9.63. The SMILES string of the molecule is Cc1c(C)c2cc(Cl)c(OCC(=O)N3C[C@@H]4C(C)(C)C[C@]4(CO)C3)cc2oc1=O. The van der Waals surface area contributed by atoms with E-state index in [0.717, 1.165) is 17.4 Å². The number of carbonyl (C=O) groups is 1. The van der Waals surface area contributed by atoms with Gasteiger partial charge in [0.05, 0.1) is 11.6 Å². The zero-order chi connectivity index (χ0) is 21.1. The second-order valence-electron chi connectivity index (χ2n) is 9.22. The van der Waals surface area contributed by atoms with E-state index in [1.807, 2.05) is 6.92 Å². The van der Waals surface area contributed by atoms with Gasteiger partial charge in [0.15, 0.2) is 6.61 Å². The van der Waals surface area contributed by atoms with E-state index in [-0.39, 0.29) is 30.0 Å². The highest BCUT2D eigenvalue weighted by Crippen LogP contribution is 2.62. The number of aryl methyl sites for hydroxylation is 1. The summed E-state index contributed by atoms with van der Waals surface area (Å²) in [6.45, 7) is 9.04. The van der Waals surface area contributed by atoms with Crippen molar-refractivity contribution in [2.24, 2.45) is 16.7 Å². The number of ether oxygens (including phenoxy) is 1. The van der Waals surface area contributed by atoms with E-state index >= 15 is 0 Å². The van der Waals surface area contributed by atoms with E-state index in [2.05, 4.69) is 13.8 Å². The molecule has 4 rings (SSSR count). The average molecular weight is 420 g/mol. The normalized spacial score (nSPS) is 25.0. The number of benzene rings is 1. The Morgan fingerprint density at radius 3 is 2.69 bits per heavy atom. The van der Waals surface area contributed by atoms with Crippen molar-refractivity contribution in [2.75, 3.05) is 26.3 Å². The first kappa shape index (κ1) is 20.2. The van der Waals surface area contributed by atoms with Crippen molar-refractivity contribution in [2.45, 2.75) is 34.1 Å². The van der Waals surface area contributed by atoms with Crippen molar-refractivity contribution in [1.29, 1.82) is 0 Å². The van der Waals surface area contributed by atoms with Gasteiger partial charge in [-0.15, -0.1) is 0 Å². The number of hydrogen-bond donors (Lipinski definition) is 1. The van der Waals surface area contributed by atoms with E-state index in [1.165, 1.54) is 0 Å². The van der Waals surface area contributed by atoms with Gasteiger partial charge in [-0.3, -0.25) is 4.79 Å². The van der Waals surface area contributed by atoms with Crippen LogP contribution >= 0.6 is 11.6 Å². The highest BCUT2D eigenvalue weighted by molar-refractivity contribution is 6.32. The average Bonchev–Trinajstić information content (AvgIpc) is 3.00. The fraction of sp³-hybridized carbons (Fsp3) is 0.545. The van der Waals surface area contributed by atoms with Crippen LogP contribution in [0.2, 0.25) is 5.02 Å². The molecule has 2 heterocycles. The Kier molecular flexibility index (Phi) is 4.70. The molecule has 1 aliphatic heterocycles. The molecule has 2 atom stereocenters. The number of aliphatic hydroxyl groups is 1. The van der Waals surface area contributed by atoms with Crippen molar-refractivity contribution >= 4 is 28.5 Å². The second kappa shape index (κ2) is 6.74. The van der Waals surface area contributed by atoms with Crippen LogP contribution in [0.4, 0.5) is 0 Å². The van der Waals surface area contributed by atoms with Gasteiger partial charge in [-0.1, -0.05) is 25.4 Å². The number of aliphatic hydroxyl groups excluding tert-OH is 1. The Hall–Kier alpha value is -2.05. The quantitative estimate of drug-likeness (QED) is 0.769. The van der Waals surface area contributed by atoms with Gasteiger partial charge in [0.2, 0.25) is 0 Å². The van der Waals surface area contributed by atoms with Gasteiger partial charge in [0, 0.05) is 35.5 Å². The molecule has 0 radical (unpaired) electrons. The molecule has 1 amide bonds. The van der Waals surface area contributed by atoms with E-state index in [0.29, 0.717) is 40.9 Å². The molecule has 0 bridgehead atoms. The summed E-state index contributed by atoms with van der Waals surface area (Å²) in [5.74, 6) is 0.465. The number of likely N-dealkylation sites (tertiary alicyclic amines) is 1. The van der Waals surface area contributed by atoms with Gasteiger partial charge >= 0.3 is 5.63 Å². The summed E-state index contributed by atoms with van der Waals surface area (Å²) in [6.07, 6.45) is 0.917. The number of amides is 1. The monoisotopic (exact) mass is 419 g/mol. The molecule has 156 valence electrons. The third-order valence-corrected chi connectivity index (χ3v) is 7.22. The van der Waals surface area contributed by atoms with Crippen molar-refractivity contribution < 1.29 is 19.1 Å². The highest BCUT2D eigenvalue weighted by atomic mass is 35.5. The Morgan fingerprint density at radius 1 is 1.34 bits per heavy atom. The fourth-order valence-electron chi connectivity index (χ4n) is 5.31. The van der Waals surface area contributed by atoms with Crippen LogP contribution in [0.25, 0.3) is 11.0 Å². The predicted octanol–water partition coefficient (Wildman–Crippen LogP) is 3.31. The van der Waals surface area contributed by atoms with Gasteiger partial charge < -0.3 is 19.2 Å². The van der Waals surface area contributed by atoms with Gasteiger partial charge in [0.1, 0.15) is 11.3 Å². The summed E-state index contributed by atoms with van der Waals surface area (Å²) in [7, 11) is 0. The van der Waals surface area contributed by atoms with E-state index < -0.39 is 5.63 Å². The van der Waals surface area contributed by atoms with Crippen molar-refractivity contribution in [3.8, 4) is 5.75 Å². The first-order valence-corrected chi connectivity index (χ1v) is 10.2. The first-order chi connectivity index (χ1) is 13.6. The van der Waals surface area contributed by atoms with Crippen LogP contribution in [0.15, 0.2) is 21.3 Å². The minimum Gasteiger partial charge on any atom is -0.482 e. The van der Waals surface area contributed by atoms with Crippen molar-refractivity contribution in [3.63, 3.8) is 0 Å². The molecule has 2 fully saturated rings. The van der Waals surface area contributed by atoms with E-state index in [4.69, 9.17) is 20.8 Å². The number of carbonyl (C=O) groups excluding carboxylic acids is 1. The third kappa shape index (κ3) is 3.13. The van der Waals surface area contributed by atoms with E-state index in [9.17, 15) is 14.7 Å². The van der Waals surface area contributed by atoms with Crippen LogP contribution in [0.1, 0.15) is 31.4 Å². The van der Waals surface area contributed by atoms with Crippen LogP contribution in [-0.2, 0) is 4.79 Å². The number of nitrogens with zero attached hydrogens (tertiary/aromatic N) is 1. The summed E-state index contributed by atoms with van der Waals surface area (Å²) in [4.78, 5) is 26.5. The van der Waals surface area contributed by atoms with Gasteiger partial charge in [-0.05, 0) is 43.2 Å². The molecule has 29 heavy (non-hydrogen) atoms. The van der Waals surface area contributed by atoms with Gasteiger partial charge in [0.25, 0.3) is 5.91 Å². The maximum atomic E-state index is 12.7. The minimum absolute atomic E-state index is 0.0973. The Bertz CT molecular complexity index is 1060. The molecule has 1 N–H and O–H groups in total. The summed E-state index contributed by atoms with van der Waals surface area (Å²) < 4.78 is 11.0. The maximum Gasteiger partial charge on any atom is 0.339 e. The third-order valence-electron chi connectivity index (χ3n) is 6.93. The largest absolute Gasteiger partial charge is 0.482 e. The van der Waals surface area contributed by atoms with Crippen LogP contribution in [0, 0.1) is 30.6 Å². The molecule has 6 nitrogen and oxygen atoms in total. The summed E-state index contributed by atoms with van der Waals surface area (Å²) in [5.41, 5.74) is 1.29. The lowest BCUT2D eigenvalue weighted by molar-refractivity contribution is -0.132. The minimum atomic E-state index is -0.399. The lowest BCUT2D eigenvalue weighted by Gasteiger charge is -2.55. The number of rotatable bonds is 4. The Balaban J connectivity index is 1.50. The van der Waals surface area contributed by atoms with Crippen LogP contribution in [0.3, 0.4) is 0 Å². The van der Waals surface area contributed by atoms with Crippen molar-refractivity contribution in [3.05, 3.63) is 38.7 Å². The summed E-state index contributed by atoms with van der Waals surface area (Å²) >= 11 is 6.35. The predicted molar refractivity (Wildman–Crippen MR) is 110 cm³/mol. The number of fused-ring (bicyclic) bond motifs is 2. The molecule has 1 saturated heterocycles. The number of hydrogen-bond acceptors (Lipinski definition) is 5.